The molecule has 2 N–H and O–H groups in total. The fourth-order valence-corrected chi connectivity index (χ4v) is 2.95. The topological polar surface area (TPSA) is 130 Å². The molecule has 0 saturated heterocycles. The van der Waals surface area contributed by atoms with Crippen LogP contribution in [0.4, 0.5) is 4.79 Å². The number of carbonyl (C=O) groups excluding carboxylic acids is 2. The summed E-state index contributed by atoms with van der Waals surface area (Å²) in [5, 5.41) is 34.4. The Bertz CT molecular complexity index is 363. The number of esters is 1. The van der Waals surface area contributed by atoms with Gasteiger partial charge in [0.25, 0.3) is 0 Å². The van der Waals surface area contributed by atoms with Crippen LogP contribution >= 0.6 is 0 Å². The number of rotatable bonds is 19. The van der Waals surface area contributed by atoms with Crippen LogP contribution in [0.3, 0.4) is 0 Å². The van der Waals surface area contributed by atoms with E-state index in [9.17, 15) is 4.79 Å². The second kappa shape index (κ2) is 28.9. The molecule has 30 heavy (non-hydrogen) atoms. The molecule has 1 atom stereocenters. The van der Waals surface area contributed by atoms with Crippen molar-refractivity contribution in [3.63, 3.8) is 0 Å². The second-order valence-corrected chi connectivity index (χ2v) is 7.47. The average molecular weight is 459 g/mol. The molecule has 0 heterocycles. The molecule has 0 radical (unpaired) electrons. The second-order valence-electron chi connectivity index (χ2n) is 7.47. The summed E-state index contributed by atoms with van der Waals surface area (Å²) in [5.41, 5.74) is 0. The maximum Gasteiger partial charge on any atom is 2.00 e. The molecule has 0 aromatic rings. The molecule has 0 aromatic heterocycles. The van der Waals surface area contributed by atoms with Crippen molar-refractivity contribution in [2.75, 3.05) is 13.2 Å². The molecule has 0 aliphatic rings. The number of ether oxygens (including phenoxy) is 1. The van der Waals surface area contributed by atoms with Crippen LogP contribution in [0, 0.1) is 0 Å². The predicted octanol–water partition coefficient (Wildman–Crippen LogP) is 2.32. The van der Waals surface area contributed by atoms with Crippen molar-refractivity contribution in [1.29, 1.82) is 0 Å². The van der Waals surface area contributed by atoms with E-state index < -0.39 is 12.3 Å². The van der Waals surface area contributed by atoms with Crippen molar-refractivity contribution < 1.29 is 34.8 Å². The van der Waals surface area contributed by atoms with Crippen molar-refractivity contribution in [2.24, 2.45) is 0 Å². The third-order valence-corrected chi connectivity index (χ3v) is 4.63. The Morgan fingerprint density at radius 2 is 1.10 bits per heavy atom. The Labute approximate surface area is 212 Å². The summed E-state index contributed by atoms with van der Waals surface area (Å²) < 4.78 is 4.86. The molecule has 0 rings (SSSR count). The molecule has 0 aliphatic heterocycles. The number of carbonyl (C=O) groups is 2. The van der Waals surface area contributed by atoms with Crippen LogP contribution in [0.5, 0.6) is 0 Å². The van der Waals surface area contributed by atoms with Crippen molar-refractivity contribution in [2.45, 2.75) is 116 Å². The van der Waals surface area contributed by atoms with Gasteiger partial charge < -0.3 is 30.0 Å². The molecule has 0 aromatic carbocycles. The van der Waals surface area contributed by atoms with Crippen LogP contribution in [0.1, 0.15) is 110 Å². The number of hydrogen-bond acceptors (Lipinski definition) is 7. The Hall–Kier alpha value is -0.0803. The third kappa shape index (κ3) is 35.4. The van der Waals surface area contributed by atoms with Crippen LogP contribution in [-0.2, 0) is 9.53 Å². The molecular formula is C22H42CaO7. The van der Waals surface area contributed by atoms with Crippen LogP contribution < -0.4 is 10.2 Å². The van der Waals surface area contributed by atoms with Gasteiger partial charge in [-0.25, -0.2) is 0 Å². The van der Waals surface area contributed by atoms with Crippen molar-refractivity contribution >= 4 is 49.9 Å². The SMILES string of the molecule is CCCCCCCCCCCCCCCCCC(=O)OCC(O)CO.O=C([O-])[O-].[Ca+2]. The van der Waals surface area contributed by atoms with Crippen LogP contribution in [0.25, 0.3) is 0 Å². The normalized spacial score (nSPS) is 11.0. The Morgan fingerprint density at radius 3 is 1.43 bits per heavy atom. The van der Waals surface area contributed by atoms with Gasteiger partial charge in [-0.1, -0.05) is 96.8 Å². The summed E-state index contributed by atoms with van der Waals surface area (Å²) in [5.74, 6) is -0.276. The minimum absolute atomic E-state index is 0. The fourth-order valence-electron chi connectivity index (χ4n) is 2.95. The Balaban J connectivity index is -0.00000133. The van der Waals surface area contributed by atoms with E-state index in [0.29, 0.717) is 6.42 Å². The zero-order valence-electron chi connectivity index (χ0n) is 18.9. The molecular weight excluding hydrogens is 416 g/mol. The summed E-state index contributed by atoms with van der Waals surface area (Å²) in [6.07, 6.45) is 16.7. The molecule has 174 valence electrons. The molecule has 0 spiro atoms. The van der Waals surface area contributed by atoms with Gasteiger partial charge in [0.05, 0.1) is 6.61 Å². The van der Waals surface area contributed by atoms with E-state index in [1.807, 2.05) is 0 Å². The maximum absolute atomic E-state index is 11.4. The monoisotopic (exact) mass is 458 g/mol. The number of aliphatic hydroxyl groups excluding tert-OH is 2. The zero-order chi connectivity index (χ0) is 22.2. The molecule has 0 bridgehead atoms. The van der Waals surface area contributed by atoms with E-state index in [1.54, 1.807) is 0 Å². The molecule has 0 amide bonds. The first-order valence-corrected chi connectivity index (χ1v) is 11.3. The summed E-state index contributed by atoms with van der Waals surface area (Å²) in [4.78, 5) is 19.7. The van der Waals surface area contributed by atoms with Crippen LogP contribution in [-0.4, -0.2) is 79.4 Å². The molecule has 8 heteroatoms. The van der Waals surface area contributed by atoms with Crippen molar-refractivity contribution in [3.8, 4) is 0 Å². The first-order valence-electron chi connectivity index (χ1n) is 11.3. The van der Waals surface area contributed by atoms with Crippen LogP contribution in [0.2, 0.25) is 0 Å². The molecule has 0 saturated carbocycles. The van der Waals surface area contributed by atoms with E-state index in [-0.39, 0.29) is 56.9 Å². The van der Waals surface area contributed by atoms with Gasteiger partial charge in [0.15, 0.2) is 0 Å². The van der Waals surface area contributed by atoms with Gasteiger partial charge in [0.2, 0.25) is 0 Å². The number of aliphatic hydroxyl groups is 2. The van der Waals surface area contributed by atoms with Gasteiger partial charge in [-0.2, -0.15) is 0 Å². The first kappa shape index (κ1) is 34.5. The van der Waals surface area contributed by atoms with Gasteiger partial charge in [0.1, 0.15) is 12.7 Å². The Morgan fingerprint density at radius 1 is 0.767 bits per heavy atom. The first-order chi connectivity index (χ1) is 13.9. The van der Waals surface area contributed by atoms with Crippen molar-refractivity contribution in [1.82, 2.24) is 0 Å². The Kier molecular flexibility index (Phi) is 33.3. The summed E-state index contributed by atoms with van der Waals surface area (Å²) in [6, 6.07) is 0. The van der Waals surface area contributed by atoms with Gasteiger partial charge in [-0.3, -0.25) is 4.79 Å². The minimum atomic E-state index is -2.33. The van der Waals surface area contributed by atoms with Gasteiger partial charge in [-0.15, -0.1) is 0 Å². The van der Waals surface area contributed by atoms with Crippen molar-refractivity contribution in [3.05, 3.63) is 0 Å². The van der Waals surface area contributed by atoms with E-state index in [0.717, 1.165) is 12.8 Å². The number of carboxylic acid groups (broad SMARTS) is 2. The smallest absolute Gasteiger partial charge is 0.652 e. The number of hydrogen-bond donors (Lipinski definition) is 2. The average Bonchev–Trinajstić information content (AvgIpc) is 2.68. The fraction of sp³-hybridized carbons (Fsp3) is 0.909. The predicted molar refractivity (Wildman–Crippen MR) is 115 cm³/mol. The zero-order valence-corrected chi connectivity index (χ0v) is 21.2. The minimum Gasteiger partial charge on any atom is -0.652 e. The standard InChI is InChI=1S/C21H42O4.CH2O3.Ca/c1-2-3-4-5-6-7-8-9-10-11-12-13-14-15-16-17-21(24)25-19-20(23)18-22;2-1(3)4;/h20,22-23H,2-19H2,1H3;(H2,2,3,4);/q;;+2/p-2. The van der Waals surface area contributed by atoms with Gasteiger partial charge in [-0.05, 0) is 12.6 Å². The quantitative estimate of drug-likeness (QED) is 0.173. The molecule has 0 fully saturated rings. The van der Waals surface area contributed by atoms with Crippen LogP contribution in [0.15, 0.2) is 0 Å². The van der Waals surface area contributed by atoms with E-state index in [1.165, 1.54) is 83.5 Å². The summed E-state index contributed by atoms with van der Waals surface area (Å²) >= 11 is 0. The molecule has 7 nitrogen and oxygen atoms in total. The van der Waals surface area contributed by atoms with Gasteiger partial charge in [0, 0.05) is 6.42 Å². The van der Waals surface area contributed by atoms with E-state index >= 15 is 0 Å². The van der Waals surface area contributed by atoms with E-state index in [2.05, 4.69) is 6.92 Å². The summed E-state index contributed by atoms with van der Waals surface area (Å²) in [7, 11) is 0. The maximum atomic E-state index is 11.4. The summed E-state index contributed by atoms with van der Waals surface area (Å²) in [6.45, 7) is 1.79. The van der Waals surface area contributed by atoms with Gasteiger partial charge >= 0.3 is 43.7 Å². The van der Waals surface area contributed by atoms with E-state index in [4.69, 9.17) is 30.0 Å². The largest absolute Gasteiger partial charge is 2.00 e. The number of unbranched alkanes of at least 4 members (excludes halogenated alkanes) is 14. The molecule has 1 unspecified atom stereocenters. The molecule has 0 aliphatic carbocycles. The third-order valence-electron chi connectivity index (χ3n) is 4.63.